The molecule has 7 heteroatoms. The number of carbonyl (C=O) groups excluding carboxylic acids is 3. The van der Waals surface area contributed by atoms with Gasteiger partial charge in [0.05, 0.1) is 7.11 Å². The number of nitrogens with one attached hydrogen (secondary N) is 2. The second-order valence-corrected chi connectivity index (χ2v) is 7.03. The van der Waals surface area contributed by atoms with Crippen LogP contribution < -0.4 is 10.1 Å². The molecule has 0 saturated carbocycles. The minimum Gasteiger partial charge on any atom is -0.497 e. The highest BCUT2D eigenvalue weighted by Gasteiger charge is 2.25. The van der Waals surface area contributed by atoms with E-state index in [1.807, 2.05) is 24.3 Å². The Balaban J connectivity index is 1.54. The lowest BCUT2D eigenvalue weighted by atomic mass is 10.1. The highest BCUT2D eigenvalue weighted by Crippen LogP contribution is 2.20. The van der Waals surface area contributed by atoms with Gasteiger partial charge in [-0.25, -0.2) is 4.79 Å². The molecule has 0 saturated heterocycles. The van der Waals surface area contributed by atoms with Crippen molar-refractivity contribution < 1.29 is 23.9 Å². The van der Waals surface area contributed by atoms with E-state index in [1.54, 1.807) is 43.6 Å². The molecule has 0 bridgehead atoms. The number of ketones is 1. The van der Waals surface area contributed by atoms with Crippen molar-refractivity contribution in [3.05, 3.63) is 71.9 Å². The van der Waals surface area contributed by atoms with E-state index >= 15 is 0 Å². The van der Waals surface area contributed by atoms with E-state index < -0.39 is 24.0 Å². The lowest BCUT2D eigenvalue weighted by molar-refractivity contribution is -0.149. The van der Waals surface area contributed by atoms with Crippen LogP contribution in [0.15, 0.2) is 60.8 Å². The first kappa shape index (κ1) is 21.8. The fourth-order valence-electron chi connectivity index (χ4n) is 3.03. The van der Waals surface area contributed by atoms with Gasteiger partial charge >= 0.3 is 5.97 Å². The van der Waals surface area contributed by atoms with Gasteiger partial charge < -0.3 is 19.8 Å². The van der Waals surface area contributed by atoms with Crippen LogP contribution in [0.1, 0.15) is 29.8 Å². The topological polar surface area (TPSA) is 97.5 Å². The molecule has 31 heavy (non-hydrogen) atoms. The summed E-state index contributed by atoms with van der Waals surface area (Å²) in [6.45, 7) is 3.02. The molecule has 0 radical (unpaired) electrons. The van der Waals surface area contributed by atoms with Crippen molar-refractivity contribution in [3.8, 4) is 5.75 Å². The first-order valence-corrected chi connectivity index (χ1v) is 9.82. The van der Waals surface area contributed by atoms with Gasteiger partial charge in [0.15, 0.2) is 6.10 Å². The van der Waals surface area contributed by atoms with E-state index in [0.717, 1.165) is 16.5 Å². The molecule has 3 rings (SSSR count). The van der Waals surface area contributed by atoms with Gasteiger partial charge in [-0.1, -0.05) is 30.3 Å². The summed E-state index contributed by atoms with van der Waals surface area (Å²) in [5.41, 5.74) is 2.09. The maximum atomic E-state index is 12.7. The fourth-order valence-corrected chi connectivity index (χ4v) is 3.03. The van der Waals surface area contributed by atoms with E-state index in [4.69, 9.17) is 9.47 Å². The van der Waals surface area contributed by atoms with Gasteiger partial charge in [-0.2, -0.15) is 0 Å². The smallest absolute Gasteiger partial charge is 0.329 e. The number of methoxy groups -OCH3 is 1. The summed E-state index contributed by atoms with van der Waals surface area (Å²) in [6.07, 6.45) is 3.56. The zero-order valence-electron chi connectivity index (χ0n) is 17.5. The van der Waals surface area contributed by atoms with Gasteiger partial charge in [0.1, 0.15) is 11.8 Å². The molecular formula is C24H24N2O5. The van der Waals surface area contributed by atoms with Crippen LogP contribution in [0.2, 0.25) is 0 Å². The number of Topliss-reactive ketones (excluding diaryl/α,β-unsaturated/α-hetero) is 1. The molecule has 160 valence electrons. The fraction of sp³-hybridized carbons (Fsp3) is 0.208. The minimum atomic E-state index is -0.985. The summed E-state index contributed by atoms with van der Waals surface area (Å²) in [6, 6.07) is 13.6. The summed E-state index contributed by atoms with van der Waals surface area (Å²) < 4.78 is 10.4. The zero-order chi connectivity index (χ0) is 22.4. The van der Waals surface area contributed by atoms with Crippen LogP contribution in [0.4, 0.5) is 0 Å². The van der Waals surface area contributed by atoms with E-state index in [-0.39, 0.29) is 5.78 Å². The second-order valence-electron chi connectivity index (χ2n) is 7.03. The lowest BCUT2D eigenvalue weighted by Gasteiger charge is -2.16. The first-order valence-electron chi connectivity index (χ1n) is 9.82. The third-order valence-electron chi connectivity index (χ3n) is 4.77. The van der Waals surface area contributed by atoms with Crippen molar-refractivity contribution in [3.63, 3.8) is 0 Å². The average Bonchev–Trinajstić information content (AvgIpc) is 3.21. The summed E-state index contributed by atoms with van der Waals surface area (Å²) in [4.78, 5) is 40.2. The maximum absolute atomic E-state index is 12.7. The van der Waals surface area contributed by atoms with Gasteiger partial charge in [0.2, 0.25) is 11.7 Å². The second kappa shape index (κ2) is 9.75. The molecule has 0 aliphatic carbocycles. The van der Waals surface area contributed by atoms with Gasteiger partial charge in [0, 0.05) is 28.7 Å². The number of benzene rings is 2. The van der Waals surface area contributed by atoms with Crippen LogP contribution in [0.25, 0.3) is 17.0 Å². The molecule has 2 N–H and O–H groups in total. The van der Waals surface area contributed by atoms with Gasteiger partial charge in [-0.3, -0.25) is 9.59 Å². The van der Waals surface area contributed by atoms with Crippen LogP contribution >= 0.6 is 0 Å². The monoisotopic (exact) mass is 420 g/mol. The molecule has 0 aliphatic heterocycles. The molecule has 3 aromatic rings. The Kier molecular flexibility index (Phi) is 6.87. The summed E-state index contributed by atoms with van der Waals surface area (Å²) >= 11 is 0. The molecule has 1 aromatic heterocycles. The Labute approximate surface area is 180 Å². The molecule has 0 spiro atoms. The Bertz CT molecular complexity index is 1110. The predicted molar refractivity (Wildman–Crippen MR) is 118 cm³/mol. The van der Waals surface area contributed by atoms with E-state index in [2.05, 4.69) is 10.3 Å². The number of H-pyrrole nitrogens is 1. The van der Waals surface area contributed by atoms with E-state index in [0.29, 0.717) is 11.3 Å². The summed E-state index contributed by atoms with van der Waals surface area (Å²) in [7, 11) is 1.58. The van der Waals surface area contributed by atoms with Crippen LogP contribution in [0.5, 0.6) is 5.75 Å². The molecule has 7 nitrogen and oxygen atoms in total. The van der Waals surface area contributed by atoms with Gasteiger partial charge in [-0.15, -0.1) is 0 Å². The summed E-state index contributed by atoms with van der Waals surface area (Å²) in [5.74, 6) is -0.735. The van der Waals surface area contributed by atoms with Crippen LogP contribution in [-0.4, -0.2) is 41.9 Å². The number of para-hydroxylation sites is 1. The number of hydrogen-bond acceptors (Lipinski definition) is 5. The normalized spacial score (nSPS) is 13.0. The SMILES string of the molecule is COc1ccc(C=CC(=O)NC(C)C(=O)OC(C)C(=O)c2c[nH]c3ccccc23)cc1. The number of fused-ring (bicyclic) bond motifs is 1. The van der Waals surface area contributed by atoms with Crippen molar-refractivity contribution in [2.45, 2.75) is 26.0 Å². The minimum absolute atomic E-state index is 0.316. The van der Waals surface area contributed by atoms with Crippen LogP contribution in [-0.2, 0) is 14.3 Å². The predicted octanol–water partition coefficient (Wildman–Crippen LogP) is 3.51. The quantitative estimate of drug-likeness (QED) is 0.330. The standard InChI is InChI=1S/C24H24N2O5/c1-15(26-22(27)13-10-17-8-11-18(30-3)12-9-17)24(29)31-16(2)23(28)20-14-25-21-7-5-4-6-19(20)21/h4-16,25H,1-3H3,(H,26,27). The number of esters is 1. The number of aromatic amines is 1. The van der Waals surface area contributed by atoms with E-state index in [9.17, 15) is 14.4 Å². The zero-order valence-corrected chi connectivity index (χ0v) is 17.5. The van der Waals surface area contributed by atoms with E-state index in [1.165, 1.54) is 19.9 Å². The molecule has 2 unspecified atom stereocenters. The Morgan fingerprint density at radius 3 is 2.45 bits per heavy atom. The van der Waals surface area contributed by atoms with Crippen molar-refractivity contribution in [2.75, 3.05) is 7.11 Å². The molecule has 0 fully saturated rings. The number of hydrogen-bond donors (Lipinski definition) is 2. The third kappa shape index (κ3) is 5.39. The van der Waals surface area contributed by atoms with Crippen molar-refractivity contribution >= 4 is 34.6 Å². The molecule has 1 amide bonds. The van der Waals surface area contributed by atoms with Gasteiger partial charge in [-0.05, 0) is 43.7 Å². The van der Waals surface area contributed by atoms with Crippen LogP contribution in [0, 0.1) is 0 Å². The molecule has 2 atom stereocenters. The highest BCUT2D eigenvalue weighted by atomic mass is 16.5. The summed E-state index contributed by atoms with van der Waals surface area (Å²) in [5, 5.41) is 3.30. The maximum Gasteiger partial charge on any atom is 0.329 e. The highest BCUT2D eigenvalue weighted by molar-refractivity contribution is 6.10. The third-order valence-corrected chi connectivity index (χ3v) is 4.77. The molecule has 1 heterocycles. The Morgan fingerprint density at radius 2 is 1.74 bits per heavy atom. The Morgan fingerprint density at radius 1 is 1.03 bits per heavy atom. The number of carbonyl (C=O) groups is 3. The van der Waals surface area contributed by atoms with Crippen molar-refractivity contribution in [1.29, 1.82) is 0 Å². The molecule has 2 aromatic carbocycles. The number of ether oxygens (including phenoxy) is 2. The molecule has 0 aliphatic rings. The van der Waals surface area contributed by atoms with Crippen molar-refractivity contribution in [2.24, 2.45) is 0 Å². The lowest BCUT2D eigenvalue weighted by Crippen LogP contribution is -2.41. The van der Waals surface area contributed by atoms with Crippen LogP contribution in [0.3, 0.4) is 0 Å². The average molecular weight is 420 g/mol. The largest absolute Gasteiger partial charge is 0.497 e. The first-order chi connectivity index (χ1) is 14.9. The number of amides is 1. The number of aromatic nitrogens is 1. The molecular weight excluding hydrogens is 396 g/mol. The van der Waals surface area contributed by atoms with Gasteiger partial charge in [0.25, 0.3) is 0 Å². The number of rotatable bonds is 8. The Hall–Kier alpha value is -3.87. The van der Waals surface area contributed by atoms with Crippen molar-refractivity contribution in [1.82, 2.24) is 10.3 Å².